The molecular formula is C75H49GeN7. The molecule has 0 bridgehead atoms. The van der Waals surface area contributed by atoms with Crippen LogP contribution in [0.25, 0.3) is 122 Å². The monoisotopic (exact) mass is 1120 g/mol. The normalized spacial score (nSPS) is 12.1. The first kappa shape index (κ1) is 47.2. The molecule has 0 saturated carbocycles. The van der Waals surface area contributed by atoms with Gasteiger partial charge in [-0.15, -0.1) is 0 Å². The molecule has 83 heavy (non-hydrogen) atoms. The Morgan fingerprint density at radius 3 is 0.892 bits per heavy atom. The summed E-state index contributed by atoms with van der Waals surface area (Å²) in [5.74, 6) is 2.88. The quantitative estimate of drug-likeness (QED) is 0.135. The van der Waals surface area contributed by atoms with Crippen LogP contribution in [0.1, 0.15) is 0 Å². The topological polar surface area (TPSA) is 58.4 Å². The van der Waals surface area contributed by atoms with Gasteiger partial charge >= 0.3 is 330 Å². The molecule has 0 saturated heterocycles. The van der Waals surface area contributed by atoms with E-state index < -0.39 is 13.3 Å². The number of para-hydroxylation sites is 7. The van der Waals surface area contributed by atoms with Crippen molar-refractivity contribution in [3.8, 4) is 34.7 Å². The fourth-order valence-corrected chi connectivity index (χ4v) is 23.7. The molecule has 0 aliphatic carbocycles. The van der Waals surface area contributed by atoms with Crippen molar-refractivity contribution in [3.05, 3.63) is 297 Å². The Morgan fingerprint density at radius 2 is 0.518 bits per heavy atom. The molecule has 0 fully saturated rings. The van der Waals surface area contributed by atoms with Gasteiger partial charge in [-0.1, -0.05) is 84.9 Å². The molecule has 0 amide bonds. The zero-order chi connectivity index (χ0) is 54.6. The van der Waals surface area contributed by atoms with Crippen LogP contribution in [0.3, 0.4) is 0 Å². The molecule has 0 N–H and O–H groups in total. The fraction of sp³-hybridized carbons (Fsp3) is 0. The summed E-state index contributed by atoms with van der Waals surface area (Å²) in [6.45, 7) is 0. The van der Waals surface area contributed by atoms with E-state index in [1.54, 1.807) is 0 Å². The third kappa shape index (κ3) is 7.14. The molecule has 0 radical (unpaired) electrons. The number of hydrogen-bond donors (Lipinski definition) is 0. The predicted octanol–water partition coefficient (Wildman–Crippen LogP) is 15.3. The van der Waals surface area contributed by atoms with Gasteiger partial charge in [-0.3, -0.25) is 0 Å². The van der Waals surface area contributed by atoms with Crippen molar-refractivity contribution in [2.45, 2.75) is 0 Å². The van der Waals surface area contributed by atoms with E-state index in [9.17, 15) is 0 Å². The van der Waals surface area contributed by atoms with Crippen molar-refractivity contribution < 1.29 is 0 Å². The number of aromatic nitrogens is 7. The first-order chi connectivity index (χ1) is 41.2. The van der Waals surface area contributed by atoms with Gasteiger partial charge in [0.05, 0.1) is 22.1 Å². The van der Waals surface area contributed by atoms with E-state index in [1.807, 2.05) is 0 Å². The van der Waals surface area contributed by atoms with Gasteiger partial charge in [-0.25, -0.2) is 0 Å². The van der Waals surface area contributed by atoms with Crippen molar-refractivity contribution >= 4 is 118 Å². The van der Waals surface area contributed by atoms with E-state index >= 15 is 0 Å². The van der Waals surface area contributed by atoms with Gasteiger partial charge in [0.15, 0.2) is 0 Å². The summed E-state index contributed by atoms with van der Waals surface area (Å²) < 4.78 is 14.7. The van der Waals surface area contributed by atoms with E-state index in [-0.39, 0.29) is 0 Å². The minimum absolute atomic E-state index is 0.564. The van der Waals surface area contributed by atoms with Crippen molar-refractivity contribution in [2.75, 3.05) is 0 Å². The van der Waals surface area contributed by atoms with Gasteiger partial charge in [0.25, 0.3) is 0 Å². The average Bonchev–Trinajstić information content (AvgIpc) is 3.86. The van der Waals surface area contributed by atoms with E-state index in [0.717, 1.165) is 94.4 Å². The Bertz CT molecular complexity index is 5020. The Balaban J connectivity index is 0.976. The van der Waals surface area contributed by atoms with E-state index in [1.165, 1.54) is 39.1 Å². The van der Waals surface area contributed by atoms with Crippen LogP contribution in [-0.4, -0.2) is 46.5 Å². The molecule has 0 unspecified atom stereocenters. The third-order valence-corrected chi connectivity index (χ3v) is 27.2. The van der Waals surface area contributed by atoms with Crippen molar-refractivity contribution in [3.63, 3.8) is 0 Å². The standard InChI is InChI=1S/C75H49GeN7/c1-4-24-51(25-5-1)76(52-26-6-2-7-27-52,53-28-8-3-9-29-53)54-44-45-71-62(48-54)61-36-16-23-43-70(61)83(71)75-77-63(49-74(79-75)82-68-41-21-14-34-59(68)60-35-15-22-42-69(60)82)50-46-72(80-64-37-17-10-30-55(64)56-31-11-18-38-65(56)80)78-73(47-50)81-66-39-19-12-32-57(66)58-33-13-20-40-67(58)81/h1-49H. The van der Waals surface area contributed by atoms with Crippen LogP contribution in [0.4, 0.5) is 0 Å². The molecule has 17 aromatic rings. The van der Waals surface area contributed by atoms with Crippen LogP contribution in [-0.2, 0) is 0 Å². The van der Waals surface area contributed by atoms with Gasteiger partial charge in [0.2, 0.25) is 0 Å². The Kier molecular flexibility index (Phi) is 10.7. The first-order valence-electron chi connectivity index (χ1n) is 28.3. The number of benzene rings is 11. The molecule has 6 heterocycles. The zero-order valence-electron chi connectivity index (χ0n) is 44.9. The summed E-state index contributed by atoms with van der Waals surface area (Å²) in [5.41, 5.74) is 10.1. The fourth-order valence-electron chi connectivity index (χ4n) is 13.7. The van der Waals surface area contributed by atoms with Crippen LogP contribution < -0.4 is 17.6 Å². The van der Waals surface area contributed by atoms with Gasteiger partial charge in [-0.2, -0.15) is 0 Å². The molecule has 0 spiro atoms. The zero-order valence-corrected chi connectivity index (χ0v) is 47.0. The maximum atomic E-state index is 5.83. The SMILES string of the molecule is c1cc[c]([Ge]([c]2ccccc2)([c]2ccccc2)[c]2ccc3c(c2)c2ccccc2n3-c2nc(-c3cc(-n4c5ccccc5c5ccccc54)nc(-n4c5ccccc5c5ccccc54)c3)cc(-n3c4ccccc4c4ccccc43)n2)cc1. The van der Waals surface area contributed by atoms with Crippen LogP contribution >= 0.6 is 0 Å². The average molecular weight is 1120 g/mol. The maximum absolute atomic E-state index is 5.83. The van der Waals surface area contributed by atoms with Crippen molar-refractivity contribution in [1.82, 2.24) is 33.2 Å². The Morgan fingerprint density at radius 1 is 0.217 bits per heavy atom. The van der Waals surface area contributed by atoms with Crippen molar-refractivity contribution in [1.29, 1.82) is 0 Å². The second-order valence-corrected chi connectivity index (χ2v) is 29.5. The molecular weight excluding hydrogens is 1070 g/mol. The third-order valence-electron chi connectivity index (χ3n) is 17.1. The van der Waals surface area contributed by atoms with Crippen LogP contribution in [0.15, 0.2) is 297 Å². The van der Waals surface area contributed by atoms with Crippen LogP contribution in [0.2, 0.25) is 0 Å². The van der Waals surface area contributed by atoms with Gasteiger partial charge in [0, 0.05) is 21.5 Å². The first-order valence-corrected chi connectivity index (χ1v) is 32.5. The molecule has 0 aliphatic heterocycles. The second-order valence-electron chi connectivity index (χ2n) is 21.5. The number of fused-ring (bicyclic) bond motifs is 12. The number of pyridine rings is 1. The van der Waals surface area contributed by atoms with E-state index in [2.05, 4.69) is 316 Å². The molecule has 11 aromatic carbocycles. The summed E-state index contributed by atoms with van der Waals surface area (Å²) >= 11 is -3.69. The molecule has 7 nitrogen and oxygen atoms in total. The summed E-state index contributed by atoms with van der Waals surface area (Å²) in [7, 11) is 0. The van der Waals surface area contributed by atoms with Gasteiger partial charge in [0.1, 0.15) is 0 Å². The summed E-state index contributed by atoms with van der Waals surface area (Å²) in [6.07, 6.45) is 0. The van der Waals surface area contributed by atoms with Crippen molar-refractivity contribution in [2.24, 2.45) is 0 Å². The second kappa shape index (κ2) is 18.7. The van der Waals surface area contributed by atoms with Crippen LogP contribution in [0.5, 0.6) is 0 Å². The number of rotatable bonds is 9. The number of hydrogen-bond acceptors (Lipinski definition) is 3. The summed E-state index contributed by atoms with van der Waals surface area (Å²) in [5, 5.41) is 9.26. The predicted molar refractivity (Wildman–Crippen MR) is 346 cm³/mol. The molecule has 0 aliphatic rings. The van der Waals surface area contributed by atoms with E-state index in [4.69, 9.17) is 15.0 Å². The van der Waals surface area contributed by atoms with Gasteiger partial charge < -0.3 is 0 Å². The Labute approximate surface area is 480 Å². The van der Waals surface area contributed by atoms with E-state index in [0.29, 0.717) is 5.95 Å². The summed E-state index contributed by atoms with van der Waals surface area (Å²) in [6, 6.07) is 108. The minimum atomic E-state index is -3.69. The summed E-state index contributed by atoms with van der Waals surface area (Å²) in [4.78, 5) is 17.3. The molecule has 8 heteroatoms. The molecule has 388 valence electrons. The van der Waals surface area contributed by atoms with Crippen LogP contribution in [0, 0.1) is 0 Å². The molecule has 17 rings (SSSR count). The van der Waals surface area contributed by atoms with Gasteiger partial charge in [-0.05, 0) is 24.3 Å². The Hall–Kier alpha value is -10.6. The molecule has 0 atom stereocenters. The number of nitrogens with zero attached hydrogens (tertiary/aromatic N) is 7. The molecule has 6 aromatic heterocycles.